The molecule has 0 unspecified atom stereocenters. The number of amides is 2. The van der Waals surface area contributed by atoms with Crippen LogP contribution in [-0.4, -0.2) is 76.3 Å². The van der Waals surface area contributed by atoms with E-state index in [1.54, 1.807) is 36.3 Å². The fraction of sp³-hybridized carbons (Fsp3) is 0.500. The number of hydrogen-bond acceptors (Lipinski definition) is 5. The van der Waals surface area contributed by atoms with Crippen LogP contribution in [0.3, 0.4) is 0 Å². The molecule has 1 fully saturated rings. The highest BCUT2D eigenvalue weighted by atomic mass is 16.5. The maximum Gasteiger partial charge on any atom is 0.275 e. The van der Waals surface area contributed by atoms with Crippen molar-refractivity contribution < 1.29 is 24.0 Å². The molecule has 26 heavy (non-hydrogen) atoms. The fourth-order valence-corrected chi connectivity index (χ4v) is 2.69. The smallest absolute Gasteiger partial charge is 0.275 e. The zero-order valence-electron chi connectivity index (χ0n) is 15.0. The van der Waals surface area contributed by atoms with Crippen LogP contribution in [0, 0.1) is 11.3 Å². The standard InChI is InChI=1S/C18H24N4O4/c1-25-11-6-20-17(23)13-21-7-9-22(10-8-21)18(24)14-26-16-4-2-15(12-19)3-5-16/h2-5H,6-11,13-14H2,1H3,(H,20,23)/p+1. The molecule has 0 spiro atoms. The van der Waals surface area contributed by atoms with Crippen LogP contribution in [0.2, 0.25) is 0 Å². The number of piperazine rings is 1. The van der Waals surface area contributed by atoms with E-state index in [9.17, 15) is 9.59 Å². The van der Waals surface area contributed by atoms with Crippen molar-refractivity contribution in [1.82, 2.24) is 10.2 Å². The number of nitriles is 1. The Hall–Kier alpha value is -2.63. The molecule has 8 heteroatoms. The largest absolute Gasteiger partial charge is 0.484 e. The first-order chi connectivity index (χ1) is 12.6. The first kappa shape index (κ1) is 19.7. The van der Waals surface area contributed by atoms with Crippen molar-refractivity contribution in [2.24, 2.45) is 0 Å². The van der Waals surface area contributed by atoms with E-state index in [0.29, 0.717) is 44.1 Å². The SMILES string of the molecule is COCCNC(=O)C[NH+]1CCN(C(=O)COc2ccc(C#N)cc2)CC1. The highest BCUT2D eigenvalue weighted by Gasteiger charge is 2.25. The van der Waals surface area contributed by atoms with E-state index < -0.39 is 0 Å². The first-order valence-electron chi connectivity index (χ1n) is 8.62. The number of methoxy groups -OCH3 is 1. The second-order valence-corrected chi connectivity index (χ2v) is 6.08. The Bertz CT molecular complexity index is 634. The summed E-state index contributed by atoms with van der Waals surface area (Å²) in [5, 5.41) is 11.6. The number of nitrogens with zero attached hydrogens (tertiary/aromatic N) is 2. The third kappa shape index (κ3) is 6.35. The summed E-state index contributed by atoms with van der Waals surface area (Å²) >= 11 is 0. The average Bonchev–Trinajstić information content (AvgIpc) is 2.67. The zero-order valence-corrected chi connectivity index (χ0v) is 15.0. The molecule has 2 N–H and O–H groups in total. The van der Waals surface area contributed by atoms with E-state index >= 15 is 0 Å². The van der Waals surface area contributed by atoms with E-state index in [4.69, 9.17) is 14.7 Å². The second kappa shape index (κ2) is 10.4. The van der Waals surface area contributed by atoms with Gasteiger partial charge in [-0.2, -0.15) is 5.26 Å². The molecule has 8 nitrogen and oxygen atoms in total. The highest BCUT2D eigenvalue weighted by Crippen LogP contribution is 2.11. The van der Waals surface area contributed by atoms with Crippen LogP contribution in [0.15, 0.2) is 24.3 Å². The summed E-state index contributed by atoms with van der Waals surface area (Å²) in [6.45, 7) is 4.09. The summed E-state index contributed by atoms with van der Waals surface area (Å²) in [5.74, 6) is 0.494. The Balaban J connectivity index is 1.67. The lowest BCUT2D eigenvalue weighted by molar-refractivity contribution is -0.896. The predicted molar refractivity (Wildman–Crippen MR) is 93.7 cm³/mol. The van der Waals surface area contributed by atoms with E-state index in [0.717, 1.165) is 18.0 Å². The van der Waals surface area contributed by atoms with Gasteiger partial charge >= 0.3 is 0 Å². The number of carbonyl (C=O) groups is 2. The first-order valence-corrected chi connectivity index (χ1v) is 8.62. The molecule has 1 aliphatic heterocycles. The number of benzene rings is 1. The van der Waals surface area contributed by atoms with Gasteiger partial charge in [-0.1, -0.05) is 0 Å². The molecule has 0 saturated carbocycles. The molecule has 2 amide bonds. The lowest BCUT2D eigenvalue weighted by Crippen LogP contribution is -3.15. The van der Waals surface area contributed by atoms with Gasteiger partial charge in [0.15, 0.2) is 13.2 Å². The Morgan fingerprint density at radius 1 is 1.27 bits per heavy atom. The van der Waals surface area contributed by atoms with Crippen LogP contribution in [0.1, 0.15) is 5.56 Å². The summed E-state index contributed by atoms with van der Waals surface area (Å²) in [4.78, 5) is 27.0. The molecule has 0 aliphatic carbocycles. The van der Waals surface area contributed by atoms with Crippen molar-refractivity contribution in [1.29, 1.82) is 5.26 Å². The number of nitrogens with one attached hydrogen (secondary N) is 2. The summed E-state index contributed by atoms with van der Waals surface area (Å²) in [6, 6.07) is 8.69. The van der Waals surface area contributed by atoms with Crippen molar-refractivity contribution in [2.45, 2.75) is 0 Å². The van der Waals surface area contributed by atoms with E-state index in [1.165, 1.54) is 0 Å². The molecular formula is C18H25N4O4+. The van der Waals surface area contributed by atoms with Gasteiger partial charge in [-0.25, -0.2) is 0 Å². The topological polar surface area (TPSA) is 96.1 Å². The van der Waals surface area contributed by atoms with Crippen LogP contribution in [0.25, 0.3) is 0 Å². The molecule has 2 rings (SSSR count). The molecule has 1 heterocycles. The minimum Gasteiger partial charge on any atom is -0.484 e. The van der Waals surface area contributed by atoms with Gasteiger partial charge in [0.1, 0.15) is 5.75 Å². The third-order valence-corrected chi connectivity index (χ3v) is 4.21. The van der Waals surface area contributed by atoms with E-state index in [2.05, 4.69) is 5.32 Å². The second-order valence-electron chi connectivity index (χ2n) is 6.08. The molecular weight excluding hydrogens is 336 g/mol. The van der Waals surface area contributed by atoms with Crippen LogP contribution >= 0.6 is 0 Å². The van der Waals surface area contributed by atoms with Gasteiger partial charge in [0.05, 0.1) is 44.4 Å². The third-order valence-electron chi connectivity index (χ3n) is 4.21. The van der Waals surface area contributed by atoms with Crippen molar-refractivity contribution in [2.75, 3.05) is 59.6 Å². The molecule has 1 aromatic carbocycles. The molecule has 0 radical (unpaired) electrons. The summed E-state index contributed by atoms with van der Waals surface area (Å²) < 4.78 is 10.4. The Kier molecular flexibility index (Phi) is 7.86. The number of hydrogen-bond donors (Lipinski definition) is 2. The number of ether oxygens (including phenoxy) is 2. The van der Waals surface area contributed by atoms with E-state index in [1.807, 2.05) is 6.07 Å². The van der Waals surface area contributed by atoms with Gasteiger partial charge in [0.2, 0.25) is 0 Å². The lowest BCUT2D eigenvalue weighted by Gasteiger charge is -2.31. The van der Waals surface area contributed by atoms with Gasteiger partial charge in [-0.15, -0.1) is 0 Å². The minimum atomic E-state index is -0.0713. The van der Waals surface area contributed by atoms with Crippen molar-refractivity contribution in [3.63, 3.8) is 0 Å². The summed E-state index contributed by atoms with van der Waals surface area (Å²) in [6.07, 6.45) is 0. The number of carbonyl (C=O) groups excluding carboxylic acids is 2. The Labute approximate surface area is 153 Å². The lowest BCUT2D eigenvalue weighted by atomic mass is 10.2. The predicted octanol–water partition coefficient (Wildman–Crippen LogP) is -1.57. The number of quaternary nitrogens is 1. The van der Waals surface area contributed by atoms with Gasteiger partial charge < -0.3 is 24.6 Å². The van der Waals surface area contributed by atoms with Crippen LogP contribution in [0.5, 0.6) is 5.75 Å². The molecule has 1 aromatic rings. The molecule has 0 aromatic heterocycles. The highest BCUT2D eigenvalue weighted by molar-refractivity contribution is 5.78. The quantitative estimate of drug-likeness (QED) is 0.545. The molecule has 0 bridgehead atoms. The van der Waals surface area contributed by atoms with Crippen molar-refractivity contribution in [3.8, 4) is 11.8 Å². The van der Waals surface area contributed by atoms with Crippen LogP contribution < -0.4 is 15.0 Å². The monoisotopic (exact) mass is 361 g/mol. The van der Waals surface area contributed by atoms with Gasteiger partial charge in [0, 0.05) is 13.7 Å². The Morgan fingerprint density at radius 3 is 2.58 bits per heavy atom. The van der Waals surface area contributed by atoms with Crippen molar-refractivity contribution in [3.05, 3.63) is 29.8 Å². The minimum absolute atomic E-state index is 0.000904. The normalized spacial score (nSPS) is 14.5. The van der Waals surface area contributed by atoms with Gasteiger partial charge in [0.25, 0.3) is 11.8 Å². The summed E-state index contributed by atoms with van der Waals surface area (Å²) in [7, 11) is 1.60. The maximum atomic E-state index is 12.2. The van der Waals surface area contributed by atoms with E-state index in [-0.39, 0.29) is 18.4 Å². The molecule has 1 saturated heterocycles. The maximum absolute atomic E-state index is 12.2. The van der Waals surface area contributed by atoms with Gasteiger partial charge in [-0.05, 0) is 24.3 Å². The van der Waals surface area contributed by atoms with Crippen LogP contribution in [0.4, 0.5) is 0 Å². The average molecular weight is 361 g/mol. The number of rotatable bonds is 8. The summed E-state index contributed by atoms with van der Waals surface area (Å²) in [5.41, 5.74) is 0.550. The molecule has 140 valence electrons. The van der Waals surface area contributed by atoms with Crippen LogP contribution in [-0.2, 0) is 14.3 Å². The van der Waals surface area contributed by atoms with Crippen molar-refractivity contribution >= 4 is 11.8 Å². The zero-order chi connectivity index (χ0) is 18.8. The molecule has 1 aliphatic rings. The Morgan fingerprint density at radius 2 is 1.96 bits per heavy atom. The fourth-order valence-electron chi connectivity index (χ4n) is 2.69. The van der Waals surface area contributed by atoms with Gasteiger partial charge in [-0.3, -0.25) is 9.59 Å². The molecule has 0 atom stereocenters.